The molecule has 8 heteroatoms. The van der Waals surface area contributed by atoms with E-state index in [4.69, 9.17) is 14.6 Å². The maximum absolute atomic E-state index is 12.0. The van der Waals surface area contributed by atoms with Gasteiger partial charge >= 0.3 is 5.97 Å². The first-order valence-electron chi connectivity index (χ1n) is 6.21. The van der Waals surface area contributed by atoms with Crippen LogP contribution in [0.2, 0.25) is 0 Å². The minimum atomic E-state index is -1.31. The predicted octanol–water partition coefficient (Wildman–Crippen LogP) is -0.249. The van der Waals surface area contributed by atoms with Crippen LogP contribution in [0.4, 0.5) is 0 Å². The molecule has 0 unspecified atom stereocenters. The van der Waals surface area contributed by atoms with Crippen molar-refractivity contribution in [3.63, 3.8) is 0 Å². The van der Waals surface area contributed by atoms with Crippen LogP contribution >= 0.6 is 15.9 Å². The summed E-state index contributed by atoms with van der Waals surface area (Å²) in [6.07, 6.45) is -4.87. The Morgan fingerprint density at radius 3 is 2.57 bits per heavy atom. The summed E-state index contributed by atoms with van der Waals surface area (Å²) in [5, 5.41) is 38.2. The summed E-state index contributed by atoms with van der Waals surface area (Å²) in [7, 11) is 0. The van der Waals surface area contributed by atoms with Crippen molar-refractivity contribution in [2.45, 2.75) is 29.4 Å². The molecule has 0 bridgehead atoms. The molecule has 1 saturated heterocycles. The number of para-hydroxylation sites is 1. The van der Waals surface area contributed by atoms with E-state index >= 15 is 0 Å². The van der Waals surface area contributed by atoms with Crippen molar-refractivity contribution in [2.24, 2.45) is 0 Å². The number of rotatable bonds is 3. The van der Waals surface area contributed by atoms with Crippen molar-refractivity contribution in [3.8, 4) is 5.75 Å². The minimum absolute atomic E-state index is 0.0537. The number of esters is 1. The average molecular weight is 363 g/mol. The summed E-state index contributed by atoms with van der Waals surface area (Å²) in [5.41, 5.74) is -0.0537. The third-order valence-corrected chi connectivity index (χ3v) is 4.13. The SMILES string of the molecule is O=C(O[C@@H]1O[C@H](CO)[C@@H](O)[C@H](O)[C@H]1Br)c1ccccc1O. The molecule has 7 nitrogen and oxygen atoms in total. The Morgan fingerprint density at radius 2 is 1.95 bits per heavy atom. The fourth-order valence-electron chi connectivity index (χ4n) is 1.96. The quantitative estimate of drug-likeness (QED) is 0.432. The van der Waals surface area contributed by atoms with E-state index in [1.807, 2.05) is 0 Å². The number of aromatic hydroxyl groups is 1. The molecule has 4 N–H and O–H groups in total. The smallest absolute Gasteiger partial charge is 0.344 e. The first-order valence-corrected chi connectivity index (χ1v) is 7.12. The van der Waals surface area contributed by atoms with Gasteiger partial charge in [-0.1, -0.05) is 28.1 Å². The van der Waals surface area contributed by atoms with Gasteiger partial charge in [0.25, 0.3) is 0 Å². The molecular weight excluding hydrogens is 348 g/mol. The van der Waals surface area contributed by atoms with E-state index in [1.54, 1.807) is 12.1 Å². The number of ether oxygens (including phenoxy) is 2. The number of alkyl halides is 1. The number of carbonyl (C=O) groups excluding carboxylic acids is 1. The molecule has 0 saturated carbocycles. The average Bonchev–Trinajstić information content (AvgIpc) is 2.48. The Morgan fingerprint density at radius 1 is 1.29 bits per heavy atom. The van der Waals surface area contributed by atoms with Gasteiger partial charge in [0, 0.05) is 0 Å². The lowest BCUT2D eigenvalue weighted by Gasteiger charge is -2.39. The van der Waals surface area contributed by atoms with Crippen LogP contribution in [0.1, 0.15) is 10.4 Å². The molecule has 0 amide bonds. The molecule has 2 rings (SSSR count). The predicted molar refractivity (Wildman–Crippen MR) is 74.0 cm³/mol. The number of hydrogen-bond donors (Lipinski definition) is 4. The van der Waals surface area contributed by atoms with Gasteiger partial charge in [-0.05, 0) is 12.1 Å². The van der Waals surface area contributed by atoms with Crippen molar-refractivity contribution in [2.75, 3.05) is 6.61 Å². The Balaban J connectivity index is 2.11. The van der Waals surface area contributed by atoms with Crippen LogP contribution in [0.15, 0.2) is 24.3 Å². The molecule has 1 fully saturated rings. The van der Waals surface area contributed by atoms with Crippen LogP contribution in [0.3, 0.4) is 0 Å². The van der Waals surface area contributed by atoms with Gasteiger partial charge in [-0.3, -0.25) is 0 Å². The normalized spacial score (nSPS) is 32.7. The lowest BCUT2D eigenvalue weighted by Crippen LogP contribution is -2.57. The van der Waals surface area contributed by atoms with Gasteiger partial charge in [0.15, 0.2) is 0 Å². The van der Waals surface area contributed by atoms with Crippen molar-refractivity contribution in [3.05, 3.63) is 29.8 Å². The van der Waals surface area contributed by atoms with Crippen LogP contribution in [0.5, 0.6) is 5.75 Å². The van der Waals surface area contributed by atoms with Crippen LogP contribution < -0.4 is 0 Å². The van der Waals surface area contributed by atoms with E-state index in [0.717, 1.165) is 0 Å². The highest BCUT2D eigenvalue weighted by Crippen LogP contribution is 2.28. The second-order valence-electron chi connectivity index (χ2n) is 4.57. The van der Waals surface area contributed by atoms with Crippen LogP contribution in [0.25, 0.3) is 0 Å². The zero-order chi connectivity index (χ0) is 15.6. The molecule has 21 heavy (non-hydrogen) atoms. The molecule has 1 aromatic carbocycles. The summed E-state index contributed by atoms with van der Waals surface area (Å²) in [6.45, 7) is -0.539. The molecule has 116 valence electrons. The fourth-order valence-corrected chi connectivity index (χ4v) is 2.50. The highest BCUT2D eigenvalue weighted by atomic mass is 79.9. The fraction of sp³-hybridized carbons (Fsp3) is 0.462. The van der Waals surface area contributed by atoms with Crippen LogP contribution in [-0.2, 0) is 9.47 Å². The van der Waals surface area contributed by atoms with E-state index in [-0.39, 0.29) is 11.3 Å². The molecular formula is C13H15BrO7. The van der Waals surface area contributed by atoms with E-state index in [9.17, 15) is 20.1 Å². The molecule has 5 atom stereocenters. The number of halogens is 1. The summed E-state index contributed by atoms with van der Waals surface area (Å²) >= 11 is 3.08. The second kappa shape index (κ2) is 6.71. The lowest BCUT2D eigenvalue weighted by atomic mass is 10.0. The van der Waals surface area contributed by atoms with E-state index < -0.39 is 42.0 Å². The molecule has 0 aromatic heterocycles. The summed E-state index contributed by atoms with van der Waals surface area (Å²) < 4.78 is 10.3. The first kappa shape index (κ1) is 16.2. The van der Waals surface area contributed by atoms with Gasteiger partial charge < -0.3 is 29.9 Å². The minimum Gasteiger partial charge on any atom is -0.507 e. The van der Waals surface area contributed by atoms with E-state index in [2.05, 4.69) is 15.9 Å². The second-order valence-corrected chi connectivity index (χ2v) is 5.63. The Hall–Kier alpha value is -1.19. The van der Waals surface area contributed by atoms with Gasteiger partial charge in [-0.15, -0.1) is 0 Å². The number of aliphatic hydroxyl groups excluding tert-OH is 3. The Bertz CT molecular complexity index is 507. The molecule has 0 aliphatic carbocycles. The van der Waals surface area contributed by atoms with Crippen molar-refractivity contribution < 1.29 is 34.7 Å². The molecule has 1 aliphatic heterocycles. The number of phenolic OH excluding ortho intramolecular Hbond substituents is 1. The van der Waals surface area contributed by atoms with Crippen molar-refractivity contribution >= 4 is 21.9 Å². The summed E-state index contributed by atoms with van der Waals surface area (Å²) in [4.78, 5) is 11.1. The van der Waals surface area contributed by atoms with Gasteiger partial charge in [0.1, 0.15) is 34.5 Å². The zero-order valence-electron chi connectivity index (χ0n) is 10.8. The Kier molecular flexibility index (Phi) is 5.17. The first-order chi connectivity index (χ1) is 9.95. The van der Waals surface area contributed by atoms with Gasteiger partial charge in [0.05, 0.1) is 6.61 Å². The number of benzene rings is 1. The largest absolute Gasteiger partial charge is 0.507 e. The Labute approximate surface area is 128 Å². The topological polar surface area (TPSA) is 116 Å². The molecule has 0 radical (unpaired) electrons. The monoisotopic (exact) mass is 362 g/mol. The van der Waals surface area contributed by atoms with Crippen LogP contribution in [0, 0.1) is 0 Å². The van der Waals surface area contributed by atoms with Gasteiger partial charge in [-0.25, -0.2) is 4.79 Å². The van der Waals surface area contributed by atoms with E-state index in [1.165, 1.54) is 12.1 Å². The third-order valence-electron chi connectivity index (χ3n) is 3.15. The number of phenols is 1. The molecule has 0 spiro atoms. The highest BCUT2D eigenvalue weighted by Gasteiger charge is 2.45. The van der Waals surface area contributed by atoms with Crippen LogP contribution in [-0.4, -0.2) is 62.4 Å². The highest BCUT2D eigenvalue weighted by molar-refractivity contribution is 9.09. The van der Waals surface area contributed by atoms with Gasteiger partial charge in [-0.2, -0.15) is 0 Å². The van der Waals surface area contributed by atoms with Crippen molar-refractivity contribution in [1.29, 1.82) is 0 Å². The van der Waals surface area contributed by atoms with E-state index in [0.29, 0.717) is 0 Å². The zero-order valence-corrected chi connectivity index (χ0v) is 12.4. The summed E-state index contributed by atoms with van der Waals surface area (Å²) in [5.74, 6) is -1.09. The standard InChI is InChI=1S/C13H15BrO7/c14-9-11(18)10(17)8(5-15)20-13(9)21-12(19)6-3-1-2-4-7(6)16/h1-4,8-11,13,15-18H,5H2/t8-,9-,10-,11-,13+/m1/s1. The number of aliphatic hydroxyl groups is 3. The lowest BCUT2D eigenvalue weighted by molar-refractivity contribution is -0.233. The number of hydrogen-bond acceptors (Lipinski definition) is 7. The number of carbonyl (C=O) groups is 1. The molecule has 1 aliphatic rings. The third kappa shape index (κ3) is 3.35. The summed E-state index contributed by atoms with van der Waals surface area (Å²) in [6, 6.07) is 5.81. The molecule has 1 heterocycles. The molecule has 1 aromatic rings. The maximum Gasteiger partial charge on any atom is 0.344 e. The maximum atomic E-state index is 12.0. The van der Waals surface area contributed by atoms with Gasteiger partial charge in [0.2, 0.25) is 6.29 Å². The van der Waals surface area contributed by atoms with Crippen molar-refractivity contribution in [1.82, 2.24) is 0 Å².